The molecule has 3 nitrogen and oxygen atoms in total. The average molecular weight is 229 g/mol. The molecular weight excluding hydrogens is 210 g/mol. The molecule has 2 heterocycles. The quantitative estimate of drug-likeness (QED) is 0.789. The SMILES string of the molecule is CC(C)Cn1ccc(CCc2ccccn2)n1. The van der Waals surface area contributed by atoms with Crippen molar-refractivity contribution in [2.75, 3.05) is 0 Å². The molecule has 17 heavy (non-hydrogen) atoms. The molecule has 0 unspecified atom stereocenters. The van der Waals surface area contributed by atoms with Gasteiger partial charge < -0.3 is 0 Å². The number of nitrogens with zero attached hydrogens (tertiary/aromatic N) is 3. The standard InChI is InChI=1S/C14H19N3/c1-12(2)11-17-10-8-14(16-17)7-6-13-5-3-4-9-15-13/h3-5,8-10,12H,6-7,11H2,1-2H3. The van der Waals surface area contributed by atoms with Crippen LogP contribution >= 0.6 is 0 Å². The van der Waals surface area contributed by atoms with Crippen LogP contribution in [0.1, 0.15) is 25.2 Å². The van der Waals surface area contributed by atoms with Gasteiger partial charge in [0.25, 0.3) is 0 Å². The Bertz CT molecular complexity index is 446. The van der Waals surface area contributed by atoms with Crippen molar-refractivity contribution in [3.8, 4) is 0 Å². The normalized spacial score (nSPS) is 11.0. The van der Waals surface area contributed by atoms with Crippen LogP contribution in [0.15, 0.2) is 36.7 Å². The predicted octanol–water partition coefficient (Wildman–Crippen LogP) is 2.72. The maximum absolute atomic E-state index is 4.55. The van der Waals surface area contributed by atoms with Gasteiger partial charge in [-0.2, -0.15) is 5.10 Å². The maximum Gasteiger partial charge on any atom is 0.0628 e. The molecule has 0 spiro atoms. The summed E-state index contributed by atoms with van der Waals surface area (Å²) in [6, 6.07) is 8.14. The zero-order valence-electron chi connectivity index (χ0n) is 10.5. The van der Waals surface area contributed by atoms with Crippen molar-refractivity contribution >= 4 is 0 Å². The van der Waals surface area contributed by atoms with Gasteiger partial charge in [-0.3, -0.25) is 9.67 Å². The summed E-state index contributed by atoms with van der Waals surface area (Å²) in [7, 11) is 0. The van der Waals surface area contributed by atoms with E-state index in [1.165, 1.54) is 0 Å². The van der Waals surface area contributed by atoms with Gasteiger partial charge >= 0.3 is 0 Å². The Morgan fingerprint density at radius 3 is 2.65 bits per heavy atom. The van der Waals surface area contributed by atoms with Crippen LogP contribution in [0.25, 0.3) is 0 Å². The number of hydrogen-bond donors (Lipinski definition) is 0. The first-order chi connectivity index (χ1) is 8.24. The van der Waals surface area contributed by atoms with Crippen molar-refractivity contribution < 1.29 is 0 Å². The highest BCUT2D eigenvalue weighted by Crippen LogP contribution is 2.04. The fourth-order valence-corrected chi connectivity index (χ4v) is 1.82. The Balaban J connectivity index is 1.89. The Kier molecular flexibility index (Phi) is 3.91. The molecule has 0 amide bonds. The van der Waals surface area contributed by atoms with Crippen LogP contribution in [0.2, 0.25) is 0 Å². The van der Waals surface area contributed by atoms with E-state index in [-0.39, 0.29) is 0 Å². The van der Waals surface area contributed by atoms with Gasteiger partial charge in [0, 0.05) is 24.6 Å². The molecule has 0 atom stereocenters. The fraction of sp³-hybridized carbons (Fsp3) is 0.429. The van der Waals surface area contributed by atoms with Crippen molar-refractivity contribution in [2.24, 2.45) is 5.92 Å². The third-order valence-electron chi connectivity index (χ3n) is 2.61. The van der Waals surface area contributed by atoms with Gasteiger partial charge in [-0.25, -0.2) is 0 Å². The summed E-state index contributed by atoms with van der Waals surface area (Å²) < 4.78 is 2.03. The lowest BCUT2D eigenvalue weighted by Gasteiger charge is -2.03. The summed E-state index contributed by atoms with van der Waals surface area (Å²) in [5.74, 6) is 0.638. The zero-order valence-corrected chi connectivity index (χ0v) is 10.5. The summed E-state index contributed by atoms with van der Waals surface area (Å²) >= 11 is 0. The summed E-state index contributed by atoms with van der Waals surface area (Å²) in [5.41, 5.74) is 2.28. The van der Waals surface area contributed by atoms with Crippen molar-refractivity contribution in [1.82, 2.24) is 14.8 Å². The average Bonchev–Trinajstić information content (AvgIpc) is 2.75. The van der Waals surface area contributed by atoms with Crippen molar-refractivity contribution in [3.63, 3.8) is 0 Å². The molecule has 0 aliphatic heterocycles. The molecule has 0 radical (unpaired) electrons. The van der Waals surface area contributed by atoms with Crippen molar-refractivity contribution in [1.29, 1.82) is 0 Å². The third kappa shape index (κ3) is 3.70. The second-order valence-corrected chi connectivity index (χ2v) is 4.74. The first kappa shape index (κ1) is 11.8. The molecule has 0 saturated heterocycles. The molecular formula is C14H19N3. The van der Waals surface area contributed by atoms with Crippen LogP contribution in [0.4, 0.5) is 0 Å². The number of aryl methyl sites for hydroxylation is 2. The molecule has 90 valence electrons. The number of rotatable bonds is 5. The van der Waals surface area contributed by atoms with Gasteiger partial charge in [0.1, 0.15) is 0 Å². The van der Waals surface area contributed by atoms with E-state index in [4.69, 9.17) is 0 Å². The molecule has 0 bridgehead atoms. The van der Waals surface area contributed by atoms with E-state index >= 15 is 0 Å². The largest absolute Gasteiger partial charge is 0.272 e. The van der Waals surface area contributed by atoms with E-state index in [1.807, 2.05) is 23.0 Å². The van der Waals surface area contributed by atoms with E-state index in [0.717, 1.165) is 30.8 Å². The highest BCUT2D eigenvalue weighted by atomic mass is 15.3. The predicted molar refractivity (Wildman–Crippen MR) is 68.7 cm³/mol. The zero-order chi connectivity index (χ0) is 12.1. The van der Waals surface area contributed by atoms with Crippen LogP contribution in [0.5, 0.6) is 0 Å². The minimum Gasteiger partial charge on any atom is -0.272 e. The van der Waals surface area contributed by atoms with E-state index in [0.29, 0.717) is 5.92 Å². The van der Waals surface area contributed by atoms with Crippen LogP contribution in [-0.4, -0.2) is 14.8 Å². The Morgan fingerprint density at radius 1 is 1.12 bits per heavy atom. The molecule has 2 aromatic rings. The molecule has 0 aromatic carbocycles. The third-order valence-corrected chi connectivity index (χ3v) is 2.61. The van der Waals surface area contributed by atoms with Gasteiger partial charge in [-0.05, 0) is 37.0 Å². The summed E-state index contributed by atoms with van der Waals surface area (Å²) in [5, 5.41) is 4.55. The Morgan fingerprint density at radius 2 is 1.94 bits per heavy atom. The van der Waals surface area contributed by atoms with Crippen molar-refractivity contribution in [3.05, 3.63) is 48.0 Å². The summed E-state index contributed by atoms with van der Waals surface area (Å²) in [4.78, 5) is 4.31. The lowest BCUT2D eigenvalue weighted by molar-refractivity contribution is 0.479. The van der Waals surface area contributed by atoms with E-state index in [1.54, 1.807) is 0 Å². The molecule has 0 aliphatic rings. The number of pyridine rings is 1. The molecule has 0 fully saturated rings. The lowest BCUT2D eigenvalue weighted by Crippen LogP contribution is -2.05. The minimum atomic E-state index is 0.638. The molecule has 0 aliphatic carbocycles. The topological polar surface area (TPSA) is 30.7 Å². The van der Waals surface area contributed by atoms with Gasteiger partial charge in [0.05, 0.1) is 5.69 Å². The highest BCUT2D eigenvalue weighted by molar-refractivity contribution is 5.07. The second kappa shape index (κ2) is 5.62. The maximum atomic E-state index is 4.55. The van der Waals surface area contributed by atoms with Crippen LogP contribution in [0, 0.1) is 5.92 Å². The van der Waals surface area contributed by atoms with E-state index < -0.39 is 0 Å². The molecule has 0 saturated carbocycles. The summed E-state index contributed by atoms with van der Waals surface area (Å²) in [6.07, 6.45) is 5.82. The summed E-state index contributed by atoms with van der Waals surface area (Å²) in [6.45, 7) is 5.40. The molecule has 0 N–H and O–H groups in total. The number of hydrogen-bond acceptors (Lipinski definition) is 2. The van der Waals surface area contributed by atoms with Crippen molar-refractivity contribution in [2.45, 2.75) is 33.2 Å². The van der Waals surface area contributed by atoms with Gasteiger partial charge in [-0.1, -0.05) is 19.9 Å². The number of aromatic nitrogens is 3. The fourth-order valence-electron chi connectivity index (χ4n) is 1.82. The van der Waals surface area contributed by atoms with Gasteiger partial charge in [0.15, 0.2) is 0 Å². The van der Waals surface area contributed by atoms with Gasteiger partial charge in [-0.15, -0.1) is 0 Å². The van der Waals surface area contributed by atoms with E-state index in [2.05, 4.69) is 42.3 Å². The first-order valence-electron chi connectivity index (χ1n) is 6.16. The Hall–Kier alpha value is -1.64. The van der Waals surface area contributed by atoms with Gasteiger partial charge in [0.2, 0.25) is 0 Å². The lowest BCUT2D eigenvalue weighted by atomic mass is 10.2. The minimum absolute atomic E-state index is 0.638. The van der Waals surface area contributed by atoms with E-state index in [9.17, 15) is 0 Å². The second-order valence-electron chi connectivity index (χ2n) is 4.74. The van der Waals surface area contributed by atoms with Crippen LogP contribution in [-0.2, 0) is 19.4 Å². The first-order valence-corrected chi connectivity index (χ1v) is 6.16. The smallest absolute Gasteiger partial charge is 0.0628 e. The highest BCUT2D eigenvalue weighted by Gasteiger charge is 2.02. The monoisotopic (exact) mass is 229 g/mol. The Labute approximate surface area is 103 Å². The molecule has 2 aromatic heterocycles. The van der Waals surface area contributed by atoms with Crippen LogP contribution < -0.4 is 0 Å². The molecule has 2 rings (SSSR count). The molecule has 3 heteroatoms. The van der Waals surface area contributed by atoms with Crippen LogP contribution in [0.3, 0.4) is 0 Å².